The number of ketones is 1. The van der Waals surface area contributed by atoms with Crippen LogP contribution in [0.15, 0.2) is 23.0 Å². The topological polar surface area (TPSA) is 140 Å². The third kappa shape index (κ3) is 4.28. The van der Waals surface area contributed by atoms with Gasteiger partial charge in [-0.2, -0.15) is 0 Å². The summed E-state index contributed by atoms with van der Waals surface area (Å²) in [5, 5.41) is 34.1. The third-order valence-electron chi connectivity index (χ3n) is 9.49. The minimum absolute atomic E-state index is 0.0417. The summed E-state index contributed by atoms with van der Waals surface area (Å²) in [7, 11) is 8.90. The first kappa shape index (κ1) is 28.4. The highest BCUT2D eigenvalue weighted by Gasteiger charge is 2.61. The molecular formula is C30H42N4O6. The molecule has 1 aromatic rings. The van der Waals surface area contributed by atoms with Gasteiger partial charge in [-0.05, 0) is 76.0 Å². The number of ether oxygens (including phenoxy) is 1. The highest BCUT2D eigenvalue weighted by Crippen LogP contribution is 2.55. The van der Waals surface area contributed by atoms with Crippen LogP contribution >= 0.6 is 0 Å². The number of carbonyl (C=O) groups is 2. The van der Waals surface area contributed by atoms with Crippen molar-refractivity contribution in [3.05, 3.63) is 39.7 Å². The Bertz CT molecular complexity index is 1300. The van der Waals surface area contributed by atoms with Crippen molar-refractivity contribution in [2.75, 3.05) is 53.3 Å². The molecule has 5 rings (SSSR count). The summed E-state index contributed by atoms with van der Waals surface area (Å²) in [6.07, 6.45) is 4.23. The molecule has 4 aliphatic rings. The van der Waals surface area contributed by atoms with E-state index in [4.69, 9.17) is 10.5 Å². The van der Waals surface area contributed by atoms with E-state index in [1.165, 1.54) is 13.5 Å². The second-order valence-electron chi connectivity index (χ2n) is 12.2. The molecule has 1 saturated carbocycles. The standard InChI is InChI=1S/C30H42N4O6/c1-32(2)24-17(15-34-9-7-6-8-10-34)13-21(35)23-18(24)11-16-12-20-25(33(3)4)26(36)19(29(31)39)14-30(20,40-5)28(38)22(16)27(23)37/h13,16,20,25,35-37H,6-12,14-15H2,1-5H3,(H2,31,39)/t16-,20-,25-,30-/m0/s1. The molecule has 0 aromatic heterocycles. The first-order chi connectivity index (χ1) is 18.9. The van der Waals surface area contributed by atoms with E-state index in [1.807, 2.05) is 19.0 Å². The number of Topliss-reactive ketones (excluding diaryl/α,β-unsaturated/α-hetero) is 1. The number of aliphatic hydroxyl groups is 2. The Kier molecular flexibility index (Phi) is 7.39. The Labute approximate surface area is 235 Å². The largest absolute Gasteiger partial charge is 0.510 e. The van der Waals surface area contributed by atoms with Crippen LogP contribution in [0.2, 0.25) is 0 Å². The molecular weight excluding hydrogens is 512 g/mol. The van der Waals surface area contributed by atoms with Crippen LogP contribution in [0.4, 0.5) is 5.69 Å². The summed E-state index contributed by atoms with van der Waals surface area (Å²) < 4.78 is 5.93. The number of likely N-dealkylation sites (N-methyl/N-ethyl adjacent to an activating group) is 1. The molecule has 218 valence electrons. The normalized spacial score (nSPS) is 28.9. The number of methoxy groups -OCH3 is 1. The van der Waals surface area contributed by atoms with Gasteiger partial charge in [-0.25, -0.2) is 0 Å². The van der Waals surface area contributed by atoms with Gasteiger partial charge in [0.15, 0.2) is 5.78 Å². The zero-order valence-corrected chi connectivity index (χ0v) is 24.2. The molecule has 1 heterocycles. The maximum absolute atomic E-state index is 14.4. The lowest BCUT2D eigenvalue weighted by molar-refractivity contribution is -0.157. The van der Waals surface area contributed by atoms with Crippen molar-refractivity contribution in [1.29, 1.82) is 0 Å². The quantitative estimate of drug-likeness (QED) is 0.418. The highest BCUT2D eigenvalue weighted by atomic mass is 16.5. The fraction of sp³-hybridized carbons (Fsp3) is 0.600. The number of aromatic hydroxyl groups is 1. The summed E-state index contributed by atoms with van der Waals surface area (Å²) in [6, 6.07) is 1.05. The predicted molar refractivity (Wildman–Crippen MR) is 152 cm³/mol. The van der Waals surface area contributed by atoms with Gasteiger partial charge in [0.2, 0.25) is 5.91 Å². The smallest absolute Gasteiger partial charge is 0.248 e. The van der Waals surface area contributed by atoms with Gasteiger partial charge >= 0.3 is 0 Å². The van der Waals surface area contributed by atoms with E-state index in [2.05, 4.69) is 4.90 Å². The minimum atomic E-state index is -1.49. The maximum atomic E-state index is 14.4. The first-order valence-electron chi connectivity index (χ1n) is 14.1. The van der Waals surface area contributed by atoms with E-state index in [-0.39, 0.29) is 46.3 Å². The van der Waals surface area contributed by atoms with Crippen LogP contribution in [0.3, 0.4) is 0 Å². The molecule has 10 nitrogen and oxygen atoms in total. The predicted octanol–water partition coefficient (Wildman–Crippen LogP) is 2.49. The molecule has 4 atom stereocenters. The summed E-state index contributed by atoms with van der Waals surface area (Å²) in [5.41, 5.74) is 7.34. The van der Waals surface area contributed by atoms with Crippen LogP contribution in [-0.2, 0) is 27.3 Å². The number of carbonyl (C=O) groups excluding carboxylic acids is 2. The number of likely N-dealkylation sites (tertiary alicyclic amines) is 1. The lowest BCUT2D eigenvalue weighted by Gasteiger charge is -2.53. The highest BCUT2D eigenvalue weighted by molar-refractivity contribution is 6.11. The minimum Gasteiger partial charge on any atom is -0.510 e. The molecule has 1 aromatic carbocycles. The molecule has 1 amide bonds. The average Bonchev–Trinajstić information content (AvgIpc) is 2.88. The average molecular weight is 555 g/mol. The van der Waals surface area contributed by atoms with E-state index in [9.17, 15) is 24.9 Å². The summed E-state index contributed by atoms with van der Waals surface area (Å²) in [4.78, 5) is 32.9. The number of piperidine rings is 1. The number of phenolic OH excluding ortho intramolecular Hbond substituents is 1. The van der Waals surface area contributed by atoms with Gasteiger partial charge in [0.1, 0.15) is 22.9 Å². The van der Waals surface area contributed by atoms with Crippen LogP contribution in [-0.4, -0.2) is 96.8 Å². The number of phenols is 1. The van der Waals surface area contributed by atoms with Crippen LogP contribution in [0.5, 0.6) is 5.75 Å². The molecule has 3 aliphatic carbocycles. The van der Waals surface area contributed by atoms with Crippen molar-refractivity contribution in [2.24, 2.45) is 17.6 Å². The van der Waals surface area contributed by atoms with Crippen molar-refractivity contribution in [2.45, 2.75) is 56.7 Å². The molecule has 0 unspecified atom stereocenters. The van der Waals surface area contributed by atoms with Crippen LogP contribution in [0, 0.1) is 11.8 Å². The monoisotopic (exact) mass is 554 g/mol. The molecule has 10 heteroatoms. The Hall–Kier alpha value is -3.08. The van der Waals surface area contributed by atoms with Gasteiger partial charge < -0.3 is 30.7 Å². The molecule has 40 heavy (non-hydrogen) atoms. The Balaban J connectivity index is 1.65. The van der Waals surface area contributed by atoms with Crippen molar-refractivity contribution in [1.82, 2.24) is 9.80 Å². The fourth-order valence-corrected chi connectivity index (χ4v) is 7.79. The zero-order chi connectivity index (χ0) is 29.1. The van der Waals surface area contributed by atoms with Crippen molar-refractivity contribution < 1.29 is 29.6 Å². The number of aliphatic hydroxyl groups excluding tert-OH is 2. The number of primary amides is 1. The summed E-state index contributed by atoms with van der Waals surface area (Å²) >= 11 is 0. The summed E-state index contributed by atoms with van der Waals surface area (Å²) in [5.74, 6) is -2.51. The van der Waals surface area contributed by atoms with E-state index >= 15 is 0 Å². The number of hydrogen-bond donors (Lipinski definition) is 4. The van der Waals surface area contributed by atoms with Crippen molar-refractivity contribution in [3.63, 3.8) is 0 Å². The van der Waals surface area contributed by atoms with Crippen LogP contribution in [0.25, 0.3) is 5.76 Å². The number of benzene rings is 1. The van der Waals surface area contributed by atoms with Crippen LogP contribution in [0.1, 0.15) is 48.8 Å². The lowest BCUT2D eigenvalue weighted by atomic mass is 9.57. The number of nitrogens with two attached hydrogens (primary N) is 1. The Morgan fingerprint density at radius 1 is 1.15 bits per heavy atom. The molecule has 2 fully saturated rings. The lowest BCUT2D eigenvalue weighted by Crippen LogP contribution is -2.63. The molecule has 0 radical (unpaired) electrons. The van der Waals surface area contributed by atoms with Gasteiger partial charge in [-0.3, -0.25) is 19.4 Å². The second-order valence-corrected chi connectivity index (χ2v) is 12.2. The molecule has 0 bridgehead atoms. The SMILES string of the molecule is CO[C@@]12CC(C(N)=O)=C(O)[C@@H](N(C)C)[C@@H]1C[C@@H]1Cc3c(c(O)cc(CN4CCCCC4)c3N(C)C)C(O)=C1C2=O. The Morgan fingerprint density at radius 2 is 1.82 bits per heavy atom. The van der Waals surface area contributed by atoms with Gasteiger partial charge in [0.25, 0.3) is 0 Å². The van der Waals surface area contributed by atoms with E-state index in [1.54, 1.807) is 25.1 Å². The third-order valence-corrected chi connectivity index (χ3v) is 9.49. The number of rotatable bonds is 6. The van der Waals surface area contributed by atoms with Crippen LogP contribution < -0.4 is 10.6 Å². The van der Waals surface area contributed by atoms with E-state index in [0.29, 0.717) is 19.4 Å². The summed E-state index contributed by atoms with van der Waals surface area (Å²) in [6.45, 7) is 2.71. The number of fused-ring (bicyclic) bond motifs is 3. The molecule has 0 spiro atoms. The second kappa shape index (κ2) is 10.4. The first-order valence-corrected chi connectivity index (χ1v) is 14.1. The van der Waals surface area contributed by atoms with E-state index < -0.39 is 29.3 Å². The Morgan fingerprint density at radius 3 is 2.40 bits per heavy atom. The van der Waals surface area contributed by atoms with Gasteiger partial charge in [0.05, 0.1) is 17.2 Å². The van der Waals surface area contributed by atoms with Crippen molar-refractivity contribution in [3.8, 4) is 5.75 Å². The number of anilines is 1. The number of hydrogen-bond acceptors (Lipinski definition) is 9. The molecule has 1 saturated heterocycles. The zero-order valence-electron chi connectivity index (χ0n) is 24.2. The maximum Gasteiger partial charge on any atom is 0.248 e. The number of amides is 1. The van der Waals surface area contributed by atoms with E-state index in [0.717, 1.165) is 42.7 Å². The number of nitrogens with zero attached hydrogens (tertiary/aromatic N) is 3. The van der Waals surface area contributed by atoms with Crippen molar-refractivity contribution >= 4 is 23.1 Å². The van der Waals surface area contributed by atoms with Gasteiger partial charge in [0, 0.05) is 51.3 Å². The molecule has 5 N–H and O–H groups in total. The van der Waals surface area contributed by atoms with Gasteiger partial charge in [-0.15, -0.1) is 0 Å². The fourth-order valence-electron chi connectivity index (χ4n) is 7.79. The van der Waals surface area contributed by atoms with Gasteiger partial charge in [-0.1, -0.05) is 6.42 Å². The molecule has 1 aliphatic heterocycles.